The van der Waals surface area contributed by atoms with Gasteiger partial charge in [0.1, 0.15) is 5.60 Å². The van der Waals surface area contributed by atoms with E-state index in [9.17, 15) is 0 Å². The van der Waals surface area contributed by atoms with Crippen molar-refractivity contribution in [2.45, 2.75) is 25.9 Å². The molecule has 0 aliphatic rings. The van der Waals surface area contributed by atoms with Crippen LogP contribution in [0.4, 0.5) is 0 Å². The van der Waals surface area contributed by atoms with Crippen LogP contribution in [0.3, 0.4) is 0 Å². The smallest absolute Gasteiger partial charge is 0.101 e. The van der Waals surface area contributed by atoms with Crippen molar-refractivity contribution < 1.29 is 10.1 Å². The van der Waals surface area contributed by atoms with E-state index in [2.05, 4.69) is 11.5 Å². The van der Waals surface area contributed by atoms with Crippen molar-refractivity contribution >= 4 is 11.0 Å². The molecule has 0 heterocycles. The van der Waals surface area contributed by atoms with Gasteiger partial charge in [0.05, 0.1) is 0 Å². The molecule has 9 heavy (non-hydrogen) atoms. The zero-order valence-corrected chi connectivity index (χ0v) is 5.35. The van der Waals surface area contributed by atoms with Gasteiger partial charge in [0.15, 0.2) is 0 Å². The number of hydrogen-bond donors (Lipinski definition) is 1. The standard InChI is InChI=1S/C6H12O2.H4Si/c1-4-5-6(2,3)8-7;/h4,7H,1,5H2,2-3H3;1H4. The molecule has 0 atom stereocenters. The van der Waals surface area contributed by atoms with Gasteiger partial charge in [-0.3, -0.25) is 5.26 Å². The fourth-order valence-corrected chi connectivity index (χ4v) is 0.385. The Balaban J connectivity index is 0. The van der Waals surface area contributed by atoms with Crippen molar-refractivity contribution in [3.63, 3.8) is 0 Å². The van der Waals surface area contributed by atoms with Crippen molar-refractivity contribution in [1.82, 2.24) is 0 Å². The van der Waals surface area contributed by atoms with Gasteiger partial charge in [-0.15, -0.1) is 6.58 Å². The predicted molar refractivity (Wildman–Crippen MR) is 43.9 cm³/mol. The first-order valence-corrected chi connectivity index (χ1v) is 2.56. The third-order valence-electron chi connectivity index (χ3n) is 0.883. The summed E-state index contributed by atoms with van der Waals surface area (Å²) in [5.41, 5.74) is -0.470. The lowest BCUT2D eigenvalue weighted by atomic mass is 10.1. The van der Waals surface area contributed by atoms with Crippen molar-refractivity contribution in [1.29, 1.82) is 0 Å². The van der Waals surface area contributed by atoms with Gasteiger partial charge in [0.2, 0.25) is 0 Å². The fraction of sp³-hybridized carbons (Fsp3) is 0.667. The van der Waals surface area contributed by atoms with Gasteiger partial charge in [-0.05, 0) is 31.2 Å². The fourth-order valence-electron chi connectivity index (χ4n) is 0.385. The highest BCUT2D eigenvalue weighted by atomic mass is 28.1. The summed E-state index contributed by atoms with van der Waals surface area (Å²) in [5, 5.41) is 8.18. The highest BCUT2D eigenvalue weighted by molar-refractivity contribution is 5.75. The molecule has 0 unspecified atom stereocenters. The maximum atomic E-state index is 8.18. The van der Waals surface area contributed by atoms with Crippen LogP contribution in [0.1, 0.15) is 20.3 Å². The summed E-state index contributed by atoms with van der Waals surface area (Å²) in [4.78, 5) is 4.11. The van der Waals surface area contributed by atoms with Crippen LogP contribution in [0.2, 0.25) is 0 Å². The van der Waals surface area contributed by atoms with Gasteiger partial charge in [-0.1, -0.05) is 6.08 Å². The van der Waals surface area contributed by atoms with Crippen molar-refractivity contribution in [2.75, 3.05) is 0 Å². The third-order valence-corrected chi connectivity index (χ3v) is 0.883. The van der Waals surface area contributed by atoms with Crippen LogP contribution >= 0.6 is 0 Å². The largest absolute Gasteiger partial charge is 0.251 e. The summed E-state index contributed by atoms with van der Waals surface area (Å²) in [6.07, 6.45) is 2.36. The van der Waals surface area contributed by atoms with E-state index in [1.54, 1.807) is 19.9 Å². The molecule has 0 aromatic rings. The Morgan fingerprint density at radius 2 is 2.11 bits per heavy atom. The number of hydrogen-bond acceptors (Lipinski definition) is 2. The van der Waals surface area contributed by atoms with E-state index in [1.165, 1.54) is 0 Å². The minimum atomic E-state index is -0.470. The zero-order valence-electron chi connectivity index (χ0n) is 5.35. The quantitative estimate of drug-likeness (QED) is 0.271. The van der Waals surface area contributed by atoms with Gasteiger partial charge in [0.25, 0.3) is 0 Å². The number of rotatable bonds is 3. The molecular formula is C6H16O2Si. The highest BCUT2D eigenvalue weighted by Gasteiger charge is 2.14. The van der Waals surface area contributed by atoms with Crippen LogP contribution in [0, 0.1) is 0 Å². The van der Waals surface area contributed by atoms with E-state index in [1.807, 2.05) is 0 Å². The molecule has 2 nitrogen and oxygen atoms in total. The van der Waals surface area contributed by atoms with E-state index < -0.39 is 5.60 Å². The van der Waals surface area contributed by atoms with Gasteiger partial charge >= 0.3 is 0 Å². The van der Waals surface area contributed by atoms with Crippen molar-refractivity contribution in [2.24, 2.45) is 0 Å². The summed E-state index contributed by atoms with van der Waals surface area (Å²) in [5.74, 6) is 0. The Labute approximate surface area is 60.5 Å². The SMILES string of the molecule is C=CCC(C)(C)OO.[SiH4]. The average molecular weight is 148 g/mol. The summed E-state index contributed by atoms with van der Waals surface area (Å²) < 4.78 is 0. The molecule has 0 saturated carbocycles. The Hall–Kier alpha value is -0.123. The second-order valence-corrected chi connectivity index (χ2v) is 2.34. The maximum absolute atomic E-state index is 8.18. The van der Waals surface area contributed by atoms with Crippen molar-refractivity contribution in [3.05, 3.63) is 12.7 Å². The molecule has 0 rings (SSSR count). The molecule has 0 spiro atoms. The van der Waals surface area contributed by atoms with Crippen LogP contribution in [0.5, 0.6) is 0 Å². The van der Waals surface area contributed by atoms with E-state index in [-0.39, 0.29) is 11.0 Å². The molecule has 0 amide bonds. The van der Waals surface area contributed by atoms with Crippen LogP contribution in [-0.2, 0) is 4.89 Å². The van der Waals surface area contributed by atoms with Crippen LogP contribution < -0.4 is 0 Å². The first kappa shape index (κ1) is 11.6. The molecule has 0 saturated heterocycles. The molecule has 0 aliphatic carbocycles. The second-order valence-electron chi connectivity index (χ2n) is 2.34. The van der Waals surface area contributed by atoms with Gasteiger partial charge in [-0.25, -0.2) is 4.89 Å². The lowest BCUT2D eigenvalue weighted by Crippen LogP contribution is -2.20. The van der Waals surface area contributed by atoms with Crippen molar-refractivity contribution in [3.8, 4) is 0 Å². The maximum Gasteiger partial charge on any atom is 0.101 e. The Morgan fingerprint density at radius 3 is 2.22 bits per heavy atom. The molecular weight excluding hydrogens is 132 g/mol. The summed E-state index contributed by atoms with van der Waals surface area (Å²) in [6.45, 7) is 7.08. The molecule has 0 aromatic carbocycles. The topological polar surface area (TPSA) is 29.5 Å². The molecule has 0 aromatic heterocycles. The lowest BCUT2D eigenvalue weighted by molar-refractivity contribution is -0.311. The molecule has 0 fully saturated rings. The van der Waals surface area contributed by atoms with E-state index in [0.717, 1.165) is 0 Å². The van der Waals surface area contributed by atoms with Gasteiger partial charge in [0, 0.05) is 0 Å². The molecule has 0 bridgehead atoms. The van der Waals surface area contributed by atoms with E-state index in [0.29, 0.717) is 6.42 Å². The molecule has 0 radical (unpaired) electrons. The summed E-state index contributed by atoms with van der Waals surface area (Å²) in [6, 6.07) is 0. The van der Waals surface area contributed by atoms with E-state index in [4.69, 9.17) is 5.26 Å². The van der Waals surface area contributed by atoms with Gasteiger partial charge < -0.3 is 0 Å². The first-order valence-electron chi connectivity index (χ1n) is 2.56. The third kappa shape index (κ3) is 5.75. The Bertz CT molecular complexity index is 81.1. The monoisotopic (exact) mass is 148 g/mol. The predicted octanol–water partition coefficient (Wildman–Crippen LogP) is 0.379. The Morgan fingerprint density at radius 1 is 1.67 bits per heavy atom. The normalized spacial score (nSPS) is 10.1. The summed E-state index contributed by atoms with van der Waals surface area (Å²) in [7, 11) is 0. The van der Waals surface area contributed by atoms with Crippen LogP contribution in [0.25, 0.3) is 0 Å². The minimum Gasteiger partial charge on any atom is -0.251 e. The molecule has 56 valence electrons. The van der Waals surface area contributed by atoms with Gasteiger partial charge in [-0.2, -0.15) is 0 Å². The molecule has 3 heteroatoms. The lowest BCUT2D eigenvalue weighted by Gasteiger charge is -2.16. The average Bonchev–Trinajstić information content (AvgIpc) is 1.67. The summed E-state index contributed by atoms with van der Waals surface area (Å²) >= 11 is 0. The highest BCUT2D eigenvalue weighted by Crippen LogP contribution is 2.11. The Kier molecular flexibility index (Phi) is 6.12. The molecule has 0 aliphatic heterocycles. The van der Waals surface area contributed by atoms with Crippen LogP contribution in [-0.4, -0.2) is 21.8 Å². The van der Waals surface area contributed by atoms with Crippen LogP contribution in [0.15, 0.2) is 12.7 Å². The van der Waals surface area contributed by atoms with E-state index >= 15 is 0 Å². The second kappa shape index (κ2) is 4.73. The minimum absolute atomic E-state index is 0. The molecule has 1 N–H and O–H groups in total. The zero-order chi connectivity index (χ0) is 6.62. The first-order chi connectivity index (χ1) is 3.62.